The highest BCUT2D eigenvalue weighted by atomic mass is 35.5. The molecule has 2 aliphatic heterocycles. The highest BCUT2D eigenvalue weighted by molar-refractivity contribution is 6.49. The van der Waals surface area contributed by atoms with Crippen molar-refractivity contribution >= 4 is 51.9 Å². The number of fused-ring (bicyclic) bond motifs is 2. The quantitative estimate of drug-likeness (QED) is 0.473. The minimum absolute atomic E-state index is 0. The molecular formula is C24H22ClN5O2. The number of para-hydroxylation sites is 1. The van der Waals surface area contributed by atoms with Crippen LogP contribution in [0.15, 0.2) is 61.1 Å². The van der Waals surface area contributed by atoms with Crippen molar-refractivity contribution in [3.8, 4) is 0 Å². The molecule has 1 fully saturated rings. The lowest BCUT2D eigenvalue weighted by Crippen LogP contribution is -2.29. The van der Waals surface area contributed by atoms with Crippen LogP contribution in [0.2, 0.25) is 0 Å². The molecule has 2 amide bonds. The number of hydrogen-bond acceptors (Lipinski definition) is 4. The normalized spacial score (nSPS) is 17.2. The van der Waals surface area contributed by atoms with Gasteiger partial charge >= 0.3 is 0 Å². The summed E-state index contributed by atoms with van der Waals surface area (Å²) in [5.41, 5.74) is 4.01. The molecule has 0 radical (unpaired) electrons. The molecule has 2 N–H and O–H groups in total. The summed E-state index contributed by atoms with van der Waals surface area (Å²) in [5.74, 6) is -0.747. The van der Waals surface area contributed by atoms with Crippen LogP contribution in [0.1, 0.15) is 30.1 Å². The molecule has 0 aliphatic carbocycles. The van der Waals surface area contributed by atoms with Gasteiger partial charge in [0.15, 0.2) is 0 Å². The van der Waals surface area contributed by atoms with E-state index >= 15 is 0 Å². The fourth-order valence-electron chi connectivity index (χ4n) is 4.86. The third-order valence-corrected chi connectivity index (χ3v) is 6.32. The van der Waals surface area contributed by atoms with Crippen LogP contribution in [0, 0.1) is 0 Å². The van der Waals surface area contributed by atoms with Crippen molar-refractivity contribution in [2.75, 3.05) is 13.1 Å². The summed E-state index contributed by atoms with van der Waals surface area (Å²) in [6, 6.07) is 14.1. The predicted molar refractivity (Wildman–Crippen MR) is 125 cm³/mol. The highest BCUT2D eigenvalue weighted by Gasteiger charge is 2.35. The molecule has 3 aromatic heterocycles. The van der Waals surface area contributed by atoms with Gasteiger partial charge in [-0.05, 0) is 44.1 Å². The monoisotopic (exact) mass is 447 g/mol. The van der Waals surface area contributed by atoms with Crippen molar-refractivity contribution in [2.24, 2.45) is 0 Å². The number of pyridine rings is 1. The molecule has 32 heavy (non-hydrogen) atoms. The van der Waals surface area contributed by atoms with Gasteiger partial charge in [0.2, 0.25) is 0 Å². The van der Waals surface area contributed by atoms with E-state index in [1.54, 1.807) is 6.20 Å². The fourth-order valence-corrected chi connectivity index (χ4v) is 4.86. The van der Waals surface area contributed by atoms with Crippen LogP contribution in [0.25, 0.3) is 27.7 Å². The van der Waals surface area contributed by atoms with Gasteiger partial charge in [-0.1, -0.05) is 24.3 Å². The molecule has 7 nitrogen and oxygen atoms in total. The first-order chi connectivity index (χ1) is 15.2. The molecule has 8 heteroatoms. The zero-order valence-corrected chi connectivity index (χ0v) is 18.1. The third-order valence-electron chi connectivity index (χ3n) is 6.32. The Morgan fingerprint density at radius 3 is 2.53 bits per heavy atom. The lowest BCUT2D eigenvalue weighted by Gasteiger charge is -2.25. The van der Waals surface area contributed by atoms with Crippen molar-refractivity contribution in [1.82, 2.24) is 24.6 Å². The molecule has 1 aromatic carbocycles. The molecule has 0 bridgehead atoms. The Kier molecular flexibility index (Phi) is 5.07. The summed E-state index contributed by atoms with van der Waals surface area (Å²) < 4.78 is 4.13. The molecule has 6 rings (SSSR count). The predicted octanol–water partition coefficient (Wildman–Crippen LogP) is 3.20. The number of amides is 2. The number of nitrogens with zero attached hydrogens (tertiary/aromatic N) is 3. The third kappa shape index (κ3) is 3.04. The van der Waals surface area contributed by atoms with E-state index in [1.807, 2.05) is 47.0 Å². The van der Waals surface area contributed by atoms with Crippen LogP contribution < -0.4 is 10.6 Å². The van der Waals surface area contributed by atoms with Crippen LogP contribution in [-0.4, -0.2) is 38.9 Å². The van der Waals surface area contributed by atoms with E-state index in [2.05, 4.69) is 32.4 Å². The summed E-state index contributed by atoms with van der Waals surface area (Å²) in [4.78, 5) is 30.3. The number of imidazole rings is 1. The standard InChI is InChI=1S/C24H21N5O2.ClH/c30-23-21(22(24(31)27-23)19-13-26-20-7-3-4-12-28(19)20)17-14-29(15-8-10-25-11-9-15)18-6-2-1-5-16(17)18;/h1-7,12-15,25H,8-11H2,(H,27,30,31);1H. The second-order valence-corrected chi connectivity index (χ2v) is 8.05. The highest BCUT2D eigenvalue weighted by Crippen LogP contribution is 2.38. The van der Waals surface area contributed by atoms with Crippen molar-refractivity contribution < 1.29 is 9.59 Å². The summed E-state index contributed by atoms with van der Waals surface area (Å²) in [5, 5.41) is 6.90. The minimum Gasteiger partial charge on any atom is -0.344 e. The Morgan fingerprint density at radius 1 is 0.938 bits per heavy atom. The van der Waals surface area contributed by atoms with Crippen LogP contribution in [0.5, 0.6) is 0 Å². The first-order valence-corrected chi connectivity index (χ1v) is 10.6. The number of carbonyl (C=O) groups excluding carboxylic acids is 2. The Hall–Kier alpha value is -3.42. The number of nitrogens with one attached hydrogen (secondary N) is 2. The Labute approximate surface area is 190 Å². The van der Waals surface area contributed by atoms with Crippen LogP contribution >= 0.6 is 12.4 Å². The molecule has 1 saturated heterocycles. The van der Waals surface area contributed by atoms with E-state index < -0.39 is 0 Å². The van der Waals surface area contributed by atoms with Gasteiger partial charge in [0, 0.05) is 34.9 Å². The molecule has 0 saturated carbocycles. The molecule has 0 atom stereocenters. The number of carbonyl (C=O) groups is 2. The summed E-state index contributed by atoms with van der Waals surface area (Å²) in [6.07, 6.45) is 7.63. The van der Waals surface area contributed by atoms with Gasteiger partial charge in [-0.25, -0.2) is 4.98 Å². The van der Waals surface area contributed by atoms with Crippen molar-refractivity contribution in [1.29, 1.82) is 0 Å². The fraction of sp³-hybridized carbons (Fsp3) is 0.208. The summed E-state index contributed by atoms with van der Waals surface area (Å²) >= 11 is 0. The average Bonchev–Trinajstić information content (AvgIpc) is 3.47. The number of piperidine rings is 1. The van der Waals surface area contributed by atoms with E-state index in [-0.39, 0.29) is 24.2 Å². The Morgan fingerprint density at radius 2 is 1.69 bits per heavy atom. The largest absolute Gasteiger partial charge is 0.344 e. The Bertz CT molecular complexity index is 1390. The van der Waals surface area contributed by atoms with E-state index in [4.69, 9.17) is 0 Å². The lowest BCUT2D eigenvalue weighted by molar-refractivity contribution is -0.122. The average molecular weight is 448 g/mol. The maximum Gasteiger partial charge on any atom is 0.261 e. The van der Waals surface area contributed by atoms with Gasteiger partial charge in [-0.3, -0.25) is 19.3 Å². The summed E-state index contributed by atoms with van der Waals surface area (Å²) in [6.45, 7) is 1.95. The smallest absolute Gasteiger partial charge is 0.261 e. The van der Waals surface area contributed by atoms with Gasteiger partial charge in [0.05, 0.1) is 23.0 Å². The van der Waals surface area contributed by atoms with E-state index in [0.29, 0.717) is 22.9 Å². The number of benzene rings is 1. The van der Waals surface area contributed by atoms with Crippen molar-refractivity contribution in [2.45, 2.75) is 18.9 Å². The number of halogens is 1. The molecular weight excluding hydrogens is 426 g/mol. The number of hydrogen-bond donors (Lipinski definition) is 2. The second-order valence-electron chi connectivity index (χ2n) is 8.05. The van der Waals surface area contributed by atoms with Gasteiger partial charge in [0.1, 0.15) is 5.65 Å². The maximum atomic E-state index is 13.0. The van der Waals surface area contributed by atoms with Gasteiger partial charge in [-0.2, -0.15) is 0 Å². The number of aromatic nitrogens is 3. The molecule has 162 valence electrons. The zero-order valence-electron chi connectivity index (χ0n) is 17.2. The number of rotatable bonds is 3. The molecule has 5 heterocycles. The zero-order chi connectivity index (χ0) is 20.9. The van der Waals surface area contributed by atoms with E-state index in [0.717, 1.165) is 48.0 Å². The SMILES string of the molecule is Cl.O=C1NC(=O)C(c2cnc3ccccn23)=C1c1cn(C2CCNCC2)c2ccccc12. The van der Waals surface area contributed by atoms with E-state index in [9.17, 15) is 9.59 Å². The lowest BCUT2D eigenvalue weighted by atomic mass is 9.99. The van der Waals surface area contributed by atoms with Gasteiger partial charge in [0.25, 0.3) is 11.8 Å². The molecule has 0 unspecified atom stereocenters. The second kappa shape index (κ2) is 7.93. The first kappa shape index (κ1) is 20.5. The van der Waals surface area contributed by atoms with Crippen molar-refractivity contribution in [3.05, 3.63) is 72.3 Å². The molecule has 2 aliphatic rings. The van der Waals surface area contributed by atoms with Crippen LogP contribution in [0.3, 0.4) is 0 Å². The van der Waals surface area contributed by atoms with Crippen LogP contribution in [-0.2, 0) is 9.59 Å². The molecule has 0 spiro atoms. The first-order valence-electron chi connectivity index (χ1n) is 10.6. The summed E-state index contributed by atoms with van der Waals surface area (Å²) in [7, 11) is 0. The topological polar surface area (TPSA) is 80.4 Å². The Balaban J connectivity index is 0.00000216. The minimum atomic E-state index is -0.385. The van der Waals surface area contributed by atoms with Crippen molar-refractivity contribution in [3.63, 3.8) is 0 Å². The molecule has 4 aromatic rings. The van der Waals surface area contributed by atoms with E-state index in [1.165, 1.54) is 0 Å². The van der Waals surface area contributed by atoms with Gasteiger partial charge < -0.3 is 9.88 Å². The number of imide groups is 1. The maximum absolute atomic E-state index is 13.0. The van der Waals surface area contributed by atoms with Crippen LogP contribution in [0.4, 0.5) is 0 Å². The van der Waals surface area contributed by atoms with Gasteiger partial charge in [-0.15, -0.1) is 12.4 Å².